The van der Waals surface area contributed by atoms with Gasteiger partial charge in [-0.2, -0.15) is 0 Å². The molecule has 1 atom stereocenters. The van der Waals surface area contributed by atoms with Gasteiger partial charge < -0.3 is 4.52 Å². The summed E-state index contributed by atoms with van der Waals surface area (Å²) in [6.07, 6.45) is 4.71. The number of rotatable bonds is 3. The van der Waals surface area contributed by atoms with Crippen molar-refractivity contribution < 1.29 is 9.09 Å². The van der Waals surface area contributed by atoms with E-state index in [9.17, 15) is 4.57 Å². The minimum absolute atomic E-state index is 0.488. The third kappa shape index (κ3) is 2.58. The molecule has 0 radical (unpaired) electrons. The van der Waals surface area contributed by atoms with Crippen LogP contribution in [-0.4, -0.2) is 11.1 Å². The SMILES string of the molecule is O=P1(CCc2ccncc2)Oc2ccccc2-c2ccccc21. The second kappa shape index (κ2) is 5.68. The zero-order valence-corrected chi connectivity index (χ0v) is 13.4. The zero-order chi connectivity index (χ0) is 15.7. The average Bonchev–Trinajstić information content (AvgIpc) is 2.61. The van der Waals surface area contributed by atoms with Gasteiger partial charge in [0.2, 0.25) is 0 Å². The Bertz CT molecular complexity index is 893. The van der Waals surface area contributed by atoms with E-state index in [-0.39, 0.29) is 0 Å². The number of benzene rings is 2. The Hall–Kier alpha value is -2.38. The first kappa shape index (κ1) is 14.2. The number of nitrogens with zero attached hydrogens (tertiary/aromatic N) is 1. The number of fused-ring (bicyclic) bond motifs is 3. The van der Waals surface area contributed by atoms with E-state index in [2.05, 4.69) is 4.98 Å². The minimum Gasteiger partial charge on any atom is -0.439 e. The van der Waals surface area contributed by atoms with E-state index in [4.69, 9.17) is 4.52 Å². The smallest absolute Gasteiger partial charge is 0.278 e. The highest BCUT2D eigenvalue weighted by Gasteiger charge is 2.35. The third-order valence-corrected chi connectivity index (χ3v) is 6.57. The van der Waals surface area contributed by atoms with Crippen LogP contribution >= 0.6 is 7.37 Å². The number of hydrogen-bond donors (Lipinski definition) is 0. The fourth-order valence-corrected chi connectivity index (χ4v) is 5.30. The van der Waals surface area contributed by atoms with Gasteiger partial charge in [0, 0.05) is 24.1 Å². The van der Waals surface area contributed by atoms with Crippen LogP contribution in [0.5, 0.6) is 5.75 Å². The van der Waals surface area contributed by atoms with Crippen molar-refractivity contribution in [2.75, 3.05) is 6.16 Å². The summed E-state index contributed by atoms with van der Waals surface area (Å²) < 4.78 is 19.6. The molecule has 2 heterocycles. The molecule has 2 aromatic carbocycles. The lowest BCUT2D eigenvalue weighted by Gasteiger charge is -2.28. The molecule has 0 bridgehead atoms. The molecule has 0 saturated heterocycles. The predicted molar refractivity (Wildman–Crippen MR) is 92.6 cm³/mol. The van der Waals surface area contributed by atoms with Crippen LogP contribution in [0.15, 0.2) is 73.1 Å². The molecule has 4 heteroatoms. The van der Waals surface area contributed by atoms with Gasteiger partial charge in [-0.25, -0.2) is 0 Å². The highest BCUT2D eigenvalue weighted by Crippen LogP contribution is 2.54. The first-order valence-corrected chi connectivity index (χ1v) is 9.44. The van der Waals surface area contributed by atoms with Crippen molar-refractivity contribution >= 4 is 12.7 Å². The molecular formula is C19H16NO2P. The molecule has 0 spiro atoms. The van der Waals surface area contributed by atoms with Gasteiger partial charge in [-0.15, -0.1) is 0 Å². The largest absolute Gasteiger partial charge is 0.439 e. The van der Waals surface area contributed by atoms with Crippen LogP contribution in [-0.2, 0) is 11.0 Å². The van der Waals surface area contributed by atoms with Crippen molar-refractivity contribution in [3.05, 3.63) is 78.6 Å². The molecule has 114 valence electrons. The summed E-state index contributed by atoms with van der Waals surface area (Å²) in [5.74, 6) is 0.712. The second-order valence-corrected chi connectivity index (χ2v) is 8.07. The maximum absolute atomic E-state index is 13.6. The van der Waals surface area contributed by atoms with Gasteiger partial charge in [-0.05, 0) is 41.8 Å². The highest BCUT2D eigenvalue weighted by atomic mass is 31.2. The molecule has 23 heavy (non-hydrogen) atoms. The first-order chi connectivity index (χ1) is 11.3. The number of hydrogen-bond acceptors (Lipinski definition) is 3. The Morgan fingerprint density at radius 3 is 2.39 bits per heavy atom. The van der Waals surface area contributed by atoms with E-state index >= 15 is 0 Å². The molecule has 0 amide bonds. The van der Waals surface area contributed by atoms with Crippen LogP contribution < -0.4 is 9.83 Å². The van der Waals surface area contributed by atoms with Crippen LogP contribution in [0, 0.1) is 0 Å². The topological polar surface area (TPSA) is 39.2 Å². The van der Waals surface area contributed by atoms with E-state index in [1.165, 1.54) is 0 Å². The van der Waals surface area contributed by atoms with Gasteiger partial charge in [0.15, 0.2) is 0 Å². The lowest BCUT2D eigenvalue weighted by molar-refractivity contribution is 0.490. The maximum Gasteiger partial charge on any atom is 0.278 e. The molecule has 1 aliphatic rings. The molecule has 0 aliphatic carbocycles. The van der Waals surface area contributed by atoms with Crippen LogP contribution in [0.2, 0.25) is 0 Å². The molecule has 1 aromatic heterocycles. The number of aryl methyl sites for hydroxylation is 1. The first-order valence-electron chi connectivity index (χ1n) is 7.63. The Labute approximate surface area is 135 Å². The quantitative estimate of drug-likeness (QED) is 0.676. The van der Waals surface area contributed by atoms with Crippen molar-refractivity contribution in [2.24, 2.45) is 0 Å². The van der Waals surface area contributed by atoms with E-state index in [0.717, 1.165) is 22.0 Å². The zero-order valence-electron chi connectivity index (χ0n) is 12.6. The van der Waals surface area contributed by atoms with Crippen molar-refractivity contribution in [3.8, 4) is 16.9 Å². The number of para-hydroxylation sites is 1. The molecule has 0 fully saturated rings. The lowest BCUT2D eigenvalue weighted by Crippen LogP contribution is -2.20. The van der Waals surface area contributed by atoms with Gasteiger partial charge in [0.1, 0.15) is 5.75 Å². The van der Waals surface area contributed by atoms with Crippen LogP contribution in [0.4, 0.5) is 0 Å². The van der Waals surface area contributed by atoms with Gasteiger partial charge >= 0.3 is 0 Å². The van der Waals surface area contributed by atoms with Crippen LogP contribution in [0.1, 0.15) is 5.56 Å². The fraction of sp³-hybridized carbons (Fsp3) is 0.105. The minimum atomic E-state index is -2.92. The third-order valence-electron chi connectivity index (χ3n) is 4.14. The standard InChI is InChI=1S/C19H16NO2P/c21-23(14-11-15-9-12-20-13-10-15)19-8-4-2-6-17(19)16-5-1-3-7-18(16)22-23/h1-10,12-13H,11,14H2. The van der Waals surface area contributed by atoms with Crippen molar-refractivity contribution in [3.63, 3.8) is 0 Å². The second-order valence-electron chi connectivity index (χ2n) is 5.61. The van der Waals surface area contributed by atoms with Crippen molar-refractivity contribution in [1.82, 2.24) is 4.98 Å². The van der Waals surface area contributed by atoms with Gasteiger partial charge in [0.05, 0.1) is 5.30 Å². The van der Waals surface area contributed by atoms with E-state index < -0.39 is 7.37 Å². The highest BCUT2D eigenvalue weighted by molar-refractivity contribution is 7.67. The molecule has 3 aromatic rings. The summed E-state index contributed by atoms with van der Waals surface area (Å²) in [6, 6.07) is 19.6. The van der Waals surface area contributed by atoms with E-state index in [0.29, 0.717) is 18.3 Å². The molecular weight excluding hydrogens is 305 g/mol. The summed E-state index contributed by atoms with van der Waals surface area (Å²) in [5.41, 5.74) is 3.15. The molecule has 0 saturated carbocycles. The molecule has 3 nitrogen and oxygen atoms in total. The van der Waals surface area contributed by atoms with Gasteiger partial charge in [0.25, 0.3) is 7.37 Å². The molecule has 1 unspecified atom stereocenters. The van der Waals surface area contributed by atoms with Crippen LogP contribution in [0.25, 0.3) is 11.1 Å². The lowest BCUT2D eigenvalue weighted by atomic mass is 10.0. The molecule has 4 rings (SSSR count). The predicted octanol–water partition coefficient (Wildman–Crippen LogP) is 4.29. The van der Waals surface area contributed by atoms with Crippen molar-refractivity contribution in [2.45, 2.75) is 6.42 Å². The normalized spacial score (nSPS) is 18.6. The Morgan fingerprint density at radius 1 is 0.870 bits per heavy atom. The summed E-state index contributed by atoms with van der Waals surface area (Å²) in [4.78, 5) is 4.02. The fourth-order valence-electron chi connectivity index (χ4n) is 2.97. The summed E-state index contributed by atoms with van der Waals surface area (Å²) in [6.45, 7) is 0. The van der Waals surface area contributed by atoms with Crippen molar-refractivity contribution in [1.29, 1.82) is 0 Å². The average molecular weight is 321 g/mol. The monoisotopic (exact) mass is 321 g/mol. The summed E-state index contributed by atoms with van der Waals surface area (Å²) in [7, 11) is -2.92. The van der Waals surface area contributed by atoms with Crippen LogP contribution in [0.3, 0.4) is 0 Å². The van der Waals surface area contributed by atoms with E-state index in [1.807, 2.05) is 60.7 Å². The molecule has 1 aliphatic heterocycles. The summed E-state index contributed by atoms with van der Waals surface area (Å²) in [5, 5.41) is 0.827. The van der Waals surface area contributed by atoms with Gasteiger partial charge in [-0.3, -0.25) is 9.55 Å². The molecule has 0 N–H and O–H groups in total. The Balaban J connectivity index is 1.74. The number of aromatic nitrogens is 1. The van der Waals surface area contributed by atoms with E-state index in [1.54, 1.807) is 12.4 Å². The summed E-state index contributed by atoms with van der Waals surface area (Å²) >= 11 is 0. The Morgan fingerprint density at radius 2 is 1.57 bits per heavy atom. The maximum atomic E-state index is 13.6. The Kier molecular flexibility index (Phi) is 3.51. The van der Waals surface area contributed by atoms with Gasteiger partial charge in [-0.1, -0.05) is 36.4 Å². The number of pyridine rings is 1.